The zero-order valence-electron chi connectivity index (χ0n) is 9.07. The Morgan fingerprint density at radius 3 is 3.19 bits per heavy atom. The Bertz CT molecular complexity index is 409. The highest BCUT2D eigenvalue weighted by Crippen LogP contribution is 2.28. The van der Waals surface area contributed by atoms with Gasteiger partial charge in [-0.25, -0.2) is 9.97 Å². The second-order valence-electron chi connectivity index (χ2n) is 3.78. The molecule has 16 heavy (non-hydrogen) atoms. The number of ether oxygens (including phenoxy) is 1. The highest BCUT2D eigenvalue weighted by Gasteiger charge is 2.28. The number of esters is 1. The van der Waals surface area contributed by atoms with Crippen molar-refractivity contribution in [1.29, 1.82) is 0 Å². The minimum absolute atomic E-state index is 0.101. The summed E-state index contributed by atoms with van der Waals surface area (Å²) in [5.74, 6) is -0.246. The molecule has 0 radical (unpaired) electrons. The number of aromatic nitrogens is 2. The monoisotopic (exact) mass is 240 g/mol. The third-order valence-electron chi connectivity index (χ3n) is 2.78. The van der Waals surface area contributed by atoms with Gasteiger partial charge in [-0.3, -0.25) is 4.79 Å². The van der Waals surface area contributed by atoms with E-state index in [1.165, 1.54) is 6.33 Å². The van der Waals surface area contributed by atoms with Crippen molar-refractivity contribution >= 4 is 17.6 Å². The van der Waals surface area contributed by atoms with E-state index in [4.69, 9.17) is 16.3 Å². The lowest BCUT2D eigenvalue weighted by Crippen LogP contribution is -2.25. The van der Waals surface area contributed by atoms with Crippen molar-refractivity contribution in [3.63, 3.8) is 0 Å². The van der Waals surface area contributed by atoms with Crippen LogP contribution in [0.5, 0.6) is 0 Å². The predicted octanol–water partition coefficient (Wildman–Crippen LogP) is 1.80. The lowest BCUT2D eigenvalue weighted by atomic mass is 9.87. The number of aryl methyl sites for hydroxylation is 1. The highest BCUT2D eigenvalue weighted by atomic mass is 35.5. The summed E-state index contributed by atoms with van der Waals surface area (Å²) in [6.45, 7) is 2.23. The van der Waals surface area contributed by atoms with Crippen molar-refractivity contribution < 1.29 is 9.53 Å². The molecule has 2 rings (SSSR count). The van der Waals surface area contributed by atoms with Crippen LogP contribution in [0.4, 0.5) is 0 Å². The Balaban J connectivity index is 2.17. The molecule has 0 unspecified atom stereocenters. The quantitative estimate of drug-likeness (QED) is 0.584. The Hall–Kier alpha value is -1.16. The van der Waals surface area contributed by atoms with Gasteiger partial charge in [-0.15, -0.1) is 0 Å². The van der Waals surface area contributed by atoms with Crippen LogP contribution in [-0.2, 0) is 22.4 Å². The molecule has 4 nitrogen and oxygen atoms in total. The molecule has 0 amide bonds. The van der Waals surface area contributed by atoms with Crippen LogP contribution >= 0.6 is 11.6 Å². The largest absolute Gasteiger partial charge is 0.466 e. The summed E-state index contributed by atoms with van der Waals surface area (Å²) in [5.41, 5.74) is 1.86. The van der Waals surface area contributed by atoms with Crippen molar-refractivity contribution in [2.45, 2.75) is 26.2 Å². The maximum absolute atomic E-state index is 11.6. The summed E-state index contributed by atoms with van der Waals surface area (Å²) in [6.07, 6.45) is 3.60. The Morgan fingerprint density at radius 1 is 1.62 bits per heavy atom. The van der Waals surface area contributed by atoms with Gasteiger partial charge < -0.3 is 4.74 Å². The van der Waals surface area contributed by atoms with Crippen LogP contribution in [0.25, 0.3) is 0 Å². The summed E-state index contributed by atoms with van der Waals surface area (Å²) in [6, 6.07) is 0. The van der Waals surface area contributed by atoms with Crippen LogP contribution in [0.1, 0.15) is 24.6 Å². The third-order valence-corrected chi connectivity index (χ3v) is 3.11. The van der Waals surface area contributed by atoms with E-state index in [2.05, 4.69) is 9.97 Å². The zero-order valence-corrected chi connectivity index (χ0v) is 9.83. The molecule has 0 saturated heterocycles. The maximum atomic E-state index is 11.6. The number of nitrogens with zero attached hydrogens (tertiary/aromatic N) is 2. The molecule has 1 atom stereocenters. The minimum Gasteiger partial charge on any atom is -0.466 e. The van der Waals surface area contributed by atoms with Gasteiger partial charge in [0.25, 0.3) is 0 Å². The van der Waals surface area contributed by atoms with E-state index in [9.17, 15) is 4.79 Å². The molecule has 1 heterocycles. The Kier molecular flexibility index (Phi) is 3.39. The van der Waals surface area contributed by atoms with Gasteiger partial charge in [-0.05, 0) is 26.2 Å². The van der Waals surface area contributed by atoms with Gasteiger partial charge in [0.1, 0.15) is 11.5 Å². The van der Waals surface area contributed by atoms with Crippen molar-refractivity contribution in [3.05, 3.63) is 22.7 Å². The maximum Gasteiger partial charge on any atom is 0.309 e. The van der Waals surface area contributed by atoms with Crippen LogP contribution in [0.15, 0.2) is 6.33 Å². The summed E-state index contributed by atoms with van der Waals surface area (Å²) < 4.78 is 5.01. The first-order chi connectivity index (χ1) is 7.72. The molecule has 0 bridgehead atoms. The molecule has 0 N–H and O–H groups in total. The standard InChI is InChI=1S/C11H13ClN2O2/c1-2-16-11(15)7-3-4-9-8(5-7)10(12)14-6-13-9/h6-7H,2-5H2,1H3/t7-/m0/s1. The van der Waals surface area contributed by atoms with Gasteiger partial charge in [0.15, 0.2) is 0 Å². The molecule has 1 aromatic rings. The Labute approximate surface area is 99.0 Å². The number of rotatable bonds is 2. The fourth-order valence-corrected chi connectivity index (χ4v) is 2.19. The van der Waals surface area contributed by atoms with Crippen LogP contribution in [0.3, 0.4) is 0 Å². The molecule has 0 aromatic carbocycles. The molecule has 0 saturated carbocycles. The number of hydrogen-bond acceptors (Lipinski definition) is 4. The number of hydrogen-bond donors (Lipinski definition) is 0. The smallest absolute Gasteiger partial charge is 0.309 e. The van der Waals surface area contributed by atoms with E-state index >= 15 is 0 Å². The van der Waals surface area contributed by atoms with Crippen molar-refractivity contribution in [1.82, 2.24) is 9.97 Å². The van der Waals surface area contributed by atoms with Crippen molar-refractivity contribution in [3.8, 4) is 0 Å². The number of carbonyl (C=O) groups excluding carboxylic acids is 1. The second kappa shape index (κ2) is 4.78. The van der Waals surface area contributed by atoms with E-state index in [0.717, 1.165) is 24.1 Å². The van der Waals surface area contributed by atoms with Gasteiger partial charge in [-0.1, -0.05) is 11.6 Å². The molecule has 5 heteroatoms. The Morgan fingerprint density at radius 2 is 2.44 bits per heavy atom. The third kappa shape index (κ3) is 2.16. The fraction of sp³-hybridized carbons (Fsp3) is 0.545. The van der Waals surface area contributed by atoms with Crippen molar-refractivity contribution in [2.75, 3.05) is 6.61 Å². The van der Waals surface area contributed by atoms with E-state index in [0.29, 0.717) is 18.2 Å². The molecular weight excluding hydrogens is 228 g/mol. The molecule has 86 valence electrons. The summed E-state index contributed by atoms with van der Waals surface area (Å²) in [7, 11) is 0. The molecular formula is C11H13ClN2O2. The molecule has 0 fully saturated rings. The second-order valence-corrected chi connectivity index (χ2v) is 4.14. The first kappa shape index (κ1) is 11.3. The van der Waals surface area contributed by atoms with E-state index < -0.39 is 0 Å². The van der Waals surface area contributed by atoms with Gasteiger partial charge in [-0.2, -0.15) is 0 Å². The average molecular weight is 241 g/mol. The number of fused-ring (bicyclic) bond motifs is 1. The van der Waals surface area contributed by atoms with E-state index in [-0.39, 0.29) is 11.9 Å². The number of carbonyl (C=O) groups is 1. The zero-order chi connectivity index (χ0) is 11.5. The molecule has 1 aliphatic carbocycles. The van der Waals surface area contributed by atoms with Gasteiger partial charge in [0, 0.05) is 11.3 Å². The summed E-state index contributed by atoms with van der Waals surface area (Å²) in [4.78, 5) is 19.7. The topological polar surface area (TPSA) is 52.1 Å². The number of halogens is 1. The lowest BCUT2D eigenvalue weighted by molar-refractivity contribution is -0.148. The minimum atomic E-state index is -0.145. The molecule has 0 spiro atoms. The van der Waals surface area contributed by atoms with Crippen LogP contribution < -0.4 is 0 Å². The van der Waals surface area contributed by atoms with Crippen LogP contribution in [-0.4, -0.2) is 22.5 Å². The van der Waals surface area contributed by atoms with Gasteiger partial charge in [0.05, 0.1) is 12.5 Å². The van der Waals surface area contributed by atoms with Crippen LogP contribution in [0.2, 0.25) is 5.15 Å². The summed E-state index contributed by atoms with van der Waals surface area (Å²) in [5, 5.41) is 0.457. The van der Waals surface area contributed by atoms with Crippen molar-refractivity contribution in [2.24, 2.45) is 5.92 Å². The van der Waals surface area contributed by atoms with Crippen LogP contribution in [0, 0.1) is 5.92 Å². The van der Waals surface area contributed by atoms with E-state index in [1.807, 2.05) is 6.92 Å². The van der Waals surface area contributed by atoms with E-state index in [1.54, 1.807) is 0 Å². The lowest BCUT2D eigenvalue weighted by Gasteiger charge is -2.22. The molecule has 1 aromatic heterocycles. The highest BCUT2D eigenvalue weighted by molar-refractivity contribution is 6.30. The average Bonchev–Trinajstić information content (AvgIpc) is 2.29. The van der Waals surface area contributed by atoms with Gasteiger partial charge in [0.2, 0.25) is 0 Å². The molecule has 1 aliphatic rings. The predicted molar refractivity (Wildman–Crippen MR) is 59.2 cm³/mol. The summed E-state index contributed by atoms with van der Waals surface area (Å²) >= 11 is 5.99. The first-order valence-corrected chi connectivity index (χ1v) is 5.75. The van der Waals surface area contributed by atoms with Gasteiger partial charge >= 0.3 is 5.97 Å². The molecule has 0 aliphatic heterocycles. The fourth-order valence-electron chi connectivity index (χ4n) is 1.96. The normalized spacial score (nSPS) is 19.0. The first-order valence-electron chi connectivity index (χ1n) is 5.37. The SMILES string of the molecule is CCOC(=O)[C@H]1CCc2ncnc(Cl)c2C1.